The fourth-order valence-electron chi connectivity index (χ4n) is 0.417. The highest BCUT2D eigenvalue weighted by molar-refractivity contribution is 7.47. The summed E-state index contributed by atoms with van der Waals surface area (Å²) in [5, 5.41) is 0. The van der Waals surface area contributed by atoms with Gasteiger partial charge in [0, 0.05) is 0 Å². The van der Waals surface area contributed by atoms with Crippen LogP contribution < -0.4 is 5.73 Å². The van der Waals surface area contributed by atoms with Crippen molar-refractivity contribution < 1.29 is 23.3 Å². The molecule has 0 aliphatic carbocycles. The summed E-state index contributed by atoms with van der Waals surface area (Å²) in [6.45, 7) is 4.85. The predicted molar refractivity (Wildman–Crippen MR) is 45.5 cm³/mol. The molecule has 13 heavy (non-hydrogen) atoms. The zero-order chi connectivity index (χ0) is 10.5. The van der Waals surface area contributed by atoms with Crippen molar-refractivity contribution in [3.63, 3.8) is 0 Å². The van der Waals surface area contributed by atoms with Crippen molar-refractivity contribution in [2.75, 3.05) is 6.61 Å². The van der Waals surface area contributed by atoms with E-state index in [1.807, 2.05) is 0 Å². The van der Waals surface area contributed by atoms with Gasteiger partial charge in [-0.25, -0.2) is 4.57 Å². The SMILES string of the molecule is C=C(OP(=O)(O)OCCC)C(N)=O. The number of phosphoric acid groups is 1. The van der Waals surface area contributed by atoms with E-state index in [1.165, 1.54) is 0 Å². The number of amides is 1. The van der Waals surface area contributed by atoms with Gasteiger partial charge in [0.2, 0.25) is 0 Å². The van der Waals surface area contributed by atoms with Gasteiger partial charge in [-0.15, -0.1) is 0 Å². The lowest BCUT2D eigenvalue weighted by Gasteiger charge is -2.11. The van der Waals surface area contributed by atoms with E-state index in [2.05, 4.69) is 15.6 Å². The molecule has 0 saturated heterocycles. The lowest BCUT2D eigenvalue weighted by molar-refractivity contribution is -0.116. The van der Waals surface area contributed by atoms with Gasteiger partial charge in [0.05, 0.1) is 6.61 Å². The summed E-state index contributed by atoms with van der Waals surface area (Å²) in [5.41, 5.74) is 4.72. The molecule has 0 rings (SSSR count). The number of carbonyl (C=O) groups excluding carboxylic acids is 1. The number of phosphoric ester groups is 1. The second kappa shape index (κ2) is 5.01. The number of hydrogen-bond acceptors (Lipinski definition) is 4. The van der Waals surface area contributed by atoms with Gasteiger partial charge in [-0.3, -0.25) is 14.2 Å². The van der Waals surface area contributed by atoms with E-state index in [-0.39, 0.29) is 6.61 Å². The van der Waals surface area contributed by atoms with Crippen LogP contribution in [0.3, 0.4) is 0 Å². The second-order valence-corrected chi connectivity index (χ2v) is 3.56. The standard InChI is InChI=1S/C6H12NO5P/c1-3-4-11-13(9,10)12-5(2)6(7)8/h2-4H2,1H3,(H2,7,8)(H,9,10). The Morgan fingerprint density at radius 3 is 2.62 bits per heavy atom. The third-order valence-corrected chi connectivity index (χ3v) is 1.92. The minimum atomic E-state index is -4.22. The Morgan fingerprint density at radius 1 is 1.69 bits per heavy atom. The summed E-state index contributed by atoms with van der Waals surface area (Å²) in [4.78, 5) is 19.3. The number of rotatable bonds is 6. The highest BCUT2D eigenvalue weighted by Gasteiger charge is 2.24. The van der Waals surface area contributed by atoms with Gasteiger partial charge in [0.1, 0.15) is 0 Å². The van der Waals surface area contributed by atoms with Gasteiger partial charge in [-0.2, -0.15) is 0 Å². The van der Waals surface area contributed by atoms with Gasteiger partial charge in [0.15, 0.2) is 5.76 Å². The van der Waals surface area contributed by atoms with Gasteiger partial charge in [0.25, 0.3) is 5.91 Å². The molecule has 6 nitrogen and oxygen atoms in total. The molecule has 1 unspecified atom stereocenters. The zero-order valence-electron chi connectivity index (χ0n) is 7.23. The summed E-state index contributed by atoms with van der Waals surface area (Å²) in [6, 6.07) is 0. The van der Waals surface area contributed by atoms with Crippen molar-refractivity contribution >= 4 is 13.7 Å². The van der Waals surface area contributed by atoms with Crippen LogP contribution in [0.4, 0.5) is 0 Å². The molecular weight excluding hydrogens is 197 g/mol. The summed E-state index contributed by atoms with van der Waals surface area (Å²) >= 11 is 0. The maximum Gasteiger partial charge on any atom is 0.527 e. The molecule has 0 radical (unpaired) electrons. The molecule has 0 spiro atoms. The molecule has 76 valence electrons. The summed E-state index contributed by atoms with van der Waals surface area (Å²) < 4.78 is 19.6. The van der Waals surface area contributed by atoms with Crippen molar-refractivity contribution in [3.05, 3.63) is 12.3 Å². The van der Waals surface area contributed by atoms with E-state index < -0.39 is 19.5 Å². The lowest BCUT2D eigenvalue weighted by atomic mass is 10.5. The average molecular weight is 209 g/mol. The highest BCUT2D eigenvalue weighted by Crippen LogP contribution is 2.45. The molecule has 1 amide bonds. The quantitative estimate of drug-likeness (QED) is 0.377. The van der Waals surface area contributed by atoms with Crippen molar-refractivity contribution in [1.82, 2.24) is 0 Å². The van der Waals surface area contributed by atoms with E-state index in [0.717, 1.165) is 0 Å². The fourth-order valence-corrected chi connectivity index (χ4v) is 1.25. The Labute approximate surface area is 75.9 Å². The first-order valence-electron chi connectivity index (χ1n) is 3.54. The predicted octanol–water partition coefficient (Wildman–Crippen LogP) is 0.529. The molecular formula is C6H12NO5P. The molecule has 0 aromatic heterocycles. The van der Waals surface area contributed by atoms with E-state index in [0.29, 0.717) is 6.42 Å². The van der Waals surface area contributed by atoms with Gasteiger partial charge >= 0.3 is 7.82 Å². The van der Waals surface area contributed by atoms with Crippen molar-refractivity contribution in [2.45, 2.75) is 13.3 Å². The molecule has 0 heterocycles. The number of carbonyl (C=O) groups is 1. The first kappa shape index (κ1) is 12.2. The number of hydrogen-bond donors (Lipinski definition) is 2. The summed E-state index contributed by atoms with van der Waals surface area (Å²) in [6.07, 6.45) is 0.553. The zero-order valence-corrected chi connectivity index (χ0v) is 8.12. The summed E-state index contributed by atoms with van der Waals surface area (Å²) in [7, 11) is -4.22. The van der Waals surface area contributed by atoms with E-state index >= 15 is 0 Å². The molecule has 0 aromatic carbocycles. The van der Waals surface area contributed by atoms with Crippen molar-refractivity contribution in [2.24, 2.45) is 5.73 Å². The van der Waals surface area contributed by atoms with E-state index in [9.17, 15) is 9.36 Å². The van der Waals surface area contributed by atoms with Crippen LogP contribution >= 0.6 is 7.82 Å². The smallest absolute Gasteiger partial charge is 0.399 e. The van der Waals surface area contributed by atoms with E-state index in [1.54, 1.807) is 6.92 Å². The first-order valence-corrected chi connectivity index (χ1v) is 5.04. The molecule has 1 atom stereocenters. The highest BCUT2D eigenvalue weighted by atomic mass is 31.2. The molecule has 0 aromatic rings. The Bertz CT molecular complexity index is 251. The molecule has 0 fully saturated rings. The molecule has 3 N–H and O–H groups in total. The van der Waals surface area contributed by atoms with E-state index in [4.69, 9.17) is 10.6 Å². The number of nitrogens with two attached hydrogens (primary N) is 1. The molecule has 0 aliphatic heterocycles. The average Bonchev–Trinajstić information content (AvgIpc) is 2.00. The van der Waals surface area contributed by atoms with Gasteiger partial charge < -0.3 is 10.3 Å². The Hall–Kier alpha value is -0.840. The van der Waals surface area contributed by atoms with Crippen LogP contribution in [-0.2, 0) is 18.4 Å². The third kappa shape index (κ3) is 5.41. The van der Waals surface area contributed by atoms with Crippen molar-refractivity contribution in [3.8, 4) is 0 Å². The largest absolute Gasteiger partial charge is 0.527 e. The monoisotopic (exact) mass is 209 g/mol. The summed E-state index contributed by atoms with van der Waals surface area (Å²) in [5.74, 6) is -1.60. The minimum Gasteiger partial charge on any atom is -0.399 e. The second-order valence-electron chi connectivity index (χ2n) is 2.18. The molecule has 0 saturated carbocycles. The van der Waals surface area contributed by atoms with Crippen LogP contribution in [0, 0.1) is 0 Å². The van der Waals surface area contributed by atoms with Gasteiger partial charge in [-0.1, -0.05) is 13.5 Å². The topological polar surface area (TPSA) is 98.8 Å². The van der Waals surface area contributed by atoms with Crippen LogP contribution in [0.1, 0.15) is 13.3 Å². The molecule has 0 bridgehead atoms. The third-order valence-electron chi connectivity index (χ3n) is 0.959. The fraction of sp³-hybridized carbons (Fsp3) is 0.500. The maximum absolute atomic E-state index is 10.9. The molecule has 0 aliphatic rings. The van der Waals surface area contributed by atoms with Crippen LogP contribution in [0.5, 0.6) is 0 Å². The normalized spacial score (nSPS) is 14.6. The van der Waals surface area contributed by atoms with Crippen LogP contribution in [0.15, 0.2) is 12.3 Å². The van der Waals surface area contributed by atoms with Crippen LogP contribution in [0.25, 0.3) is 0 Å². The Kier molecular flexibility index (Phi) is 4.69. The Morgan fingerprint density at radius 2 is 2.23 bits per heavy atom. The lowest BCUT2D eigenvalue weighted by Crippen LogP contribution is -2.14. The minimum absolute atomic E-state index is 0.0554. The van der Waals surface area contributed by atoms with Crippen LogP contribution in [0.2, 0.25) is 0 Å². The number of primary amides is 1. The molecule has 7 heteroatoms. The van der Waals surface area contributed by atoms with Crippen molar-refractivity contribution in [1.29, 1.82) is 0 Å². The van der Waals surface area contributed by atoms with Gasteiger partial charge in [-0.05, 0) is 6.42 Å². The van der Waals surface area contributed by atoms with Crippen LogP contribution in [-0.4, -0.2) is 17.4 Å². The first-order chi connectivity index (χ1) is 5.89. The Balaban J connectivity index is 4.09. The maximum atomic E-state index is 10.9.